The van der Waals surface area contributed by atoms with Gasteiger partial charge in [-0.3, -0.25) is 0 Å². The molecule has 1 aromatic rings. The zero-order valence-electron chi connectivity index (χ0n) is 9.11. The molecule has 0 radical (unpaired) electrons. The molecule has 1 rings (SSSR count). The van der Waals surface area contributed by atoms with Gasteiger partial charge in [-0.1, -0.05) is 12.1 Å². The summed E-state index contributed by atoms with van der Waals surface area (Å²) in [5.74, 6) is 0.716. The average molecular weight is 209 g/mol. The summed E-state index contributed by atoms with van der Waals surface area (Å²) in [6.45, 7) is 3.54. The van der Waals surface area contributed by atoms with E-state index in [1.165, 1.54) is 0 Å². The second-order valence-electron chi connectivity index (χ2n) is 3.66. The zero-order chi connectivity index (χ0) is 11.5. The summed E-state index contributed by atoms with van der Waals surface area (Å²) in [7, 11) is 1.58. The average Bonchev–Trinajstić information content (AvgIpc) is 2.16. The van der Waals surface area contributed by atoms with Gasteiger partial charge in [-0.15, -0.1) is 0 Å². The van der Waals surface area contributed by atoms with Crippen LogP contribution in [0.25, 0.3) is 0 Å². The van der Waals surface area contributed by atoms with Gasteiger partial charge in [0.05, 0.1) is 7.11 Å². The molecule has 0 unspecified atom stereocenters. The Balaban J connectivity index is 2.98. The highest BCUT2D eigenvalue weighted by atomic mass is 16.6. The van der Waals surface area contributed by atoms with E-state index < -0.39 is 11.7 Å². The number of primary amides is 1. The fraction of sp³-hybridized carbons (Fsp3) is 0.364. The molecule has 0 aliphatic heterocycles. The first-order valence-corrected chi connectivity index (χ1v) is 4.58. The Hall–Kier alpha value is -1.71. The van der Waals surface area contributed by atoms with Crippen LogP contribution in [0.3, 0.4) is 0 Å². The summed E-state index contributed by atoms with van der Waals surface area (Å²) in [4.78, 5) is 10.7. The minimum Gasteiger partial charge on any atom is -0.497 e. The van der Waals surface area contributed by atoms with Crippen molar-refractivity contribution in [2.24, 2.45) is 5.73 Å². The van der Waals surface area contributed by atoms with Crippen molar-refractivity contribution in [2.45, 2.75) is 19.4 Å². The van der Waals surface area contributed by atoms with Gasteiger partial charge in [-0.2, -0.15) is 0 Å². The van der Waals surface area contributed by atoms with Gasteiger partial charge in [0.15, 0.2) is 0 Å². The van der Waals surface area contributed by atoms with Crippen LogP contribution in [0.15, 0.2) is 24.3 Å². The van der Waals surface area contributed by atoms with Crippen LogP contribution in [0.1, 0.15) is 19.4 Å². The number of carbonyl (C=O) groups is 1. The lowest BCUT2D eigenvalue weighted by Gasteiger charge is -2.24. The van der Waals surface area contributed by atoms with Crippen LogP contribution in [-0.2, 0) is 10.3 Å². The summed E-state index contributed by atoms with van der Waals surface area (Å²) in [5.41, 5.74) is 5.08. The highest BCUT2D eigenvalue weighted by Crippen LogP contribution is 2.27. The molecule has 0 aliphatic carbocycles. The molecule has 1 amide bonds. The van der Waals surface area contributed by atoms with E-state index in [2.05, 4.69) is 0 Å². The standard InChI is InChI=1S/C11H15NO3/c1-11(2,15-10(12)13)8-5-4-6-9(7-8)14-3/h4-7H,1-3H3,(H2,12,13). The fourth-order valence-corrected chi connectivity index (χ4v) is 1.31. The topological polar surface area (TPSA) is 61.6 Å². The molecule has 4 heteroatoms. The van der Waals surface area contributed by atoms with Gasteiger partial charge in [0.1, 0.15) is 11.4 Å². The van der Waals surface area contributed by atoms with Gasteiger partial charge in [-0.25, -0.2) is 4.79 Å². The summed E-state index contributed by atoms with van der Waals surface area (Å²) in [6, 6.07) is 7.32. The first-order valence-electron chi connectivity index (χ1n) is 4.58. The van der Waals surface area contributed by atoms with Crippen molar-refractivity contribution < 1.29 is 14.3 Å². The molecule has 0 aromatic heterocycles. The number of amides is 1. The fourth-order valence-electron chi connectivity index (χ4n) is 1.31. The van der Waals surface area contributed by atoms with Crippen LogP contribution >= 0.6 is 0 Å². The van der Waals surface area contributed by atoms with Crippen molar-refractivity contribution in [2.75, 3.05) is 7.11 Å². The Labute approximate surface area is 89.0 Å². The number of carbonyl (C=O) groups excluding carboxylic acids is 1. The van der Waals surface area contributed by atoms with E-state index in [4.69, 9.17) is 15.2 Å². The molecule has 15 heavy (non-hydrogen) atoms. The summed E-state index contributed by atoms with van der Waals surface area (Å²) < 4.78 is 10.1. The van der Waals surface area contributed by atoms with E-state index in [0.717, 1.165) is 5.56 Å². The van der Waals surface area contributed by atoms with Gasteiger partial charge < -0.3 is 15.2 Å². The predicted molar refractivity (Wildman–Crippen MR) is 56.7 cm³/mol. The lowest BCUT2D eigenvalue weighted by atomic mass is 9.98. The largest absolute Gasteiger partial charge is 0.497 e. The van der Waals surface area contributed by atoms with Crippen LogP contribution in [0, 0.1) is 0 Å². The Kier molecular flexibility index (Phi) is 3.19. The lowest BCUT2D eigenvalue weighted by Crippen LogP contribution is -2.28. The molecular weight excluding hydrogens is 194 g/mol. The van der Waals surface area contributed by atoms with Crippen molar-refractivity contribution in [1.29, 1.82) is 0 Å². The van der Waals surface area contributed by atoms with Gasteiger partial charge in [0.2, 0.25) is 0 Å². The van der Waals surface area contributed by atoms with Crippen molar-refractivity contribution in [3.63, 3.8) is 0 Å². The van der Waals surface area contributed by atoms with E-state index in [9.17, 15) is 4.79 Å². The van der Waals surface area contributed by atoms with Crippen molar-refractivity contribution in [1.82, 2.24) is 0 Å². The van der Waals surface area contributed by atoms with Crippen molar-refractivity contribution in [3.8, 4) is 5.75 Å². The Morgan fingerprint density at radius 1 is 1.40 bits per heavy atom. The quantitative estimate of drug-likeness (QED) is 0.828. The van der Waals surface area contributed by atoms with Crippen molar-refractivity contribution in [3.05, 3.63) is 29.8 Å². The first-order chi connectivity index (χ1) is 6.95. The number of rotatable bonds is 3. The van der Waals surface area contributed by atoms with Crippen LogP contribution in [0.2, 0.25) is 0 Å². The predicted octanol–water partition coefficient (Wildman–Crippen LogP) is 2.03. The molecular formula is C11H15NO3. The van der Waals surface area contributed by atoms with Gasteiger partial charge in [0, 0.05) is 0 Å². The molecule has 1 aromatic carbocycles. The van der Waals surface area contributed by atoms with E-state index in [1.54, 1.807) is 21.0 Å². The monoisotopic (exact) mass is 209 g/mol. The van der Waals surface area contributed by atoms with E-state index in [-0.39, 0.29) is 0 Å². The second kappa shape index (κ2) is 4.21. The second-order valence-corrected chi connectivity index (χ2v) is 3.66. The maximum atomic E-state index is 10.7. The Morgan fingerprint density at radius 3 is 2.60 bits per heavy atom. The summed E-state index contributed by atoms with van der Waals surface area (Å²) >= 11 is 0. The Morgan fingerprint density at radius 2 is 2.07 bits per heavy atom. The molecule has 0 atom stereocenters. The number of methoxy groups -OCH3 is 1. The van der Waals surface area contributed by atoms with E-state index >= 15 is 0 Å². The molecule has 2 N–H and O–H groups in total. The normalized spacial score (nSPS) is 10.9. The van der Waals surface area contributed by atoms with Crippen LogP contribution < -0.4 is 10.5 Å². The first kappa shape index (κ1) is 11.4. The maximum absolute atomic E-state index is 10.7. The third kappa shape index (κ3) is 2.87. The number of hydrogen-bond donors (Lipinski definition) is 1. The van der Waals surface area contributed by atoms with Crippen molar-refractivity contribution >= 4 is 6.09 Å². The minimum atomic E-state index is -0.789. The molecule has 4 nitrogen and oxygen atoms in total. The third-order valence-electron chi connectivity index (χ3n) is 2.12. The molecule has 0 saturated carbocycles. The van der Waals surface area contributed by atoms with E-state index in [1.807, 2.05) is 24.3 Å². The number of hydrogen-bond acceptors (Lipinski definition) is 3. The number of benzene rings is 1. The highest BCUT2D eigenvalue weighted by molar-refractivity contribution is 5.65. The third-order valence-corrected chi connectivity index (χ3v) is 2.12. The highest BCUT2D eigenvalue weighted by Gasteiger charge is 2.24. The molecule has 0 saturated heterocycles. The van der Waals surface area contributed by atoms with Gasteiger partial charge >= 0.3 is 6.09 Å². The van der Waals surface area contributed by atoms with E-state index in [0.29, 0.717) is 5.75 Å². The number of nitrogens with two attached hydrogens (primary N) is 1. The molecule has 0 aliphatic rings. The Bertz CT molecular complexity index is 361. The molecule has 0 heterocycles. The molecule has 0 bridgehead atoms. The minimum absolute atomic E-state index is 0.716. The van der Waals surface area contributed by atoms with Crippen LogP contribution in [0.4, 0.5) is 4.79 Å². The summed E-state index contributed by atoms with van der Waals surface area (Å²) in [5, 5.41) is 0. The number of ether oxygens (including phenoxy) is 2. The maximum Gasteiger partial charge on any atom is 0.405 e. The van der Waals surface area contributed by atoms with Crippen LogP contribution in [-0.4, -0.2) is 13.2 Å². The molecule has 82 valence electrons. The van der Waals surface area contributed by atoms with Gasteiger partial charge in [-0.05, 0) is 31.5 Å². The van der Waals surface area contributed by atoms with Crippen LogP contribution in [0.5, 0.6) is 5.75 Å². The molecule has 0 fully saturated rings. The lowest BCUT2D eigenvalue weighted by molar-refractivity contribution is 0.0431. The zero-order valence-corrected chi connectivity index (χ0v) is 9.11. The SMILES string of the molecule is COc1cccc(C(C)(C)OC(N)=O)c1. The van der Waals surface area contributed by atoms with Gasteiger partial charge in [0.25, 0.3) is 0 Å². The smallest absolute Gasteiger partial charge is 0.405 e. The summed E-state index contributed by atoms with van der Waals surface area (Å²) in [6.07, 6.45) is -0.789. The molecule has 0 spiro atoms.